The van der Waals surface area contributed by atoms with Crippen LogP contribution in [0.3, 0.4) is 0 Å². The SMILES string of the molecule is ON=Cc1nc(CCCCCc2ccccc2)ccc1F. The van der Waals surface area contributed by atoms with Crippen LogP contribution in [0.2, 0.25) is 0 Å². The van der Waals surface area contributed by atoms with Gasteiger partial charge >= 0.3 is 0 Å². The standard InChI is InChI=1S/C17H19FN2O/c18-16-12-11-15(20-17(16)13-19-21)10-6-2-5-9-14-7-3-1-4-8-14/h1,3-4,7-8,11-13,21H,2,5-6,9-10H2. The number of oxime groups is 1. The summed E-state index contributed by atoms with van der Waals surface area (Å²) in [6.07, 6.45) is 6.17. The first kappa shape index (κ1) is 15.2. The van der Waals surface area contributed by atoms with Gasteiger partial charge in [-0.15, -0.1) is 0 Å². The molecule has 3 nitrogen and oxygen atoms in total. The number of aryl methyl sites for hydroxylation is 2. The van der Waals surface area contributed by atoms with Crippen molar-refractivity contribution >= 4 is 6.21 Å². The predicted octanol–water partition coefficient (Wildman–Crippen LogP) is 3.98. The molecule has 0 bridgehead atoms. The lowest BCUT2D eigenvalue weighted by Gasteiger charge is -2.04. The van der Waals surface area contributed by atoms with E-state index < -0.39 is 5.82 Å². The first-order valence-electron chi connectivity index (χ1n) is 7.16. The van der Waals surface area contributed by atoms with Crippen molar-refractivity contribution in [2.75, 3.05) is 0 Å². The molecule has 1 aromatic carbocycles. The quantitative estimate of drug-likeness (QED) is 0.362. The maximum atomic E-state index is 13.3. The Bertz CT molecular complexity index is 585. The molecule has 0 saturated carbocycles. The van der Waals surface area contributed by atoms with Crippen LogP contribution in [0.15, 0.2) is 47.6 Å². The highest BCUT2D eigenvalue weighted by molar-refractivity contribution is 5.76. The van der Waals surface area contributed by atoms with Crippen LogP contribution >= 0.6 is 0 Å². The summed E-state index contributed by atoms with van der Waals surface area (Å²) in [6, 6.07) is 13.5. The summed E-state index contributed by atoms with van der Waals surface area (Å²) in [5.74, 6) is -0.472. The highest BCUT2D eigenvalue weighted by Gasteiger charge is 2.03. The molecule has 0 radical (unpaired) electrons. The van der Waals surface area contributed by atoms with Gasteiger partial charge in [-0.3, -0.25) is 0 Å². The number of rotatable bonds is 7. The Labute approximate surface area is 124 Å². The van der Waals surface area contributed by atoms with E-state index in [2.05, 4.69) is 34.4 Å². The predicted molar refractivity (Wildman–Crippen MR) is 81.3 cm³/mol. The van der Waals surface area contributed by atoms with E-state index in [4.69, 9.17) is 5.21 Å². The Morgan fingerprint density at radius 1 is 1.00 bits per heavy atom. The van der Waals surface area contributed by atoms with Crippen molar-refractivity contribution in [2.45, 2.75) is 32.1 Å². The van der Waals surface area contributed by atoms with E-state index in [9.17, 15) is 4.39 Å². The minimum atomic E-state index is -0.472. The van der Waals surface area contributed by atoms with E-state index in [1.165, 1.54) is 11.6 Å². The molecule has 21 heavy (non-hydrogen) atoms. The van der Waals surface area contributed by atoms with Gasteiger partial charge in [0.15, 0.2) is 5.82 Å². The fraction of sp³-hybridized carbons (Fsp3) is 0.294. The number of nitrogens with zero attached hydrogens (tertiary/aromatic N) is 2. The molecule has 0 spiro atoms. The Kier molecular flexibility index (Phi) is 5.88. The zero-order valence-electron chi connectivity index (χ0n) is 11.9. The number of unbranched alkanes of at least 4 members (excludes halogenated alkanes) is 2. The second kappa shape index (κ2) is 8.15. The highest BCUT2D eigenvalue weighted by atomic mass is 19.1. The number of halogens is 1. The van der Waals surface area contributed by atoms with E-state index in [-0.39, 0.29) is 5.69 Å². The normalized spacial score (nSPS) is 11.1. The van der Waals surface area contributed by atoms with Crippen molar-refractivity contribution in [3.8, 4) is 0 Å². The molecular formula is C17H19FN2O. The Hall–Kier alpha value is -2.23. The van der Waals surface area contributed by atoms with Crippen molar-refractivity contribution in [3.63, 3.8) is 0 Å². The molecule has 1 aromatic heterocycles. The lowest BCUT2D eigenvalue weighted by Crippen LogP contribution is -1.99. The van der Waals surface area contributed by atoms with Crippen molar-refractivity contribution < 1.29 is 9.60 Å². The van der Waals surface area contributed by atoms with Crippen LogP contribution in [-0.4, -0.2) is 16.4 Å². The van der Waals surface area contributed by atoms with Crippen LogP contribution in [0.4, 0.5) is 4.39 Å². The summed E-state index contributed by atoms with van der Waals surface area (Å²) in [5.41, 5.74) is 2.27. The number of hydrogen-bond donors (Lipinski definition) is 1. The minimum Gasteiger partial charge on any atom is -0.411 e. The van der Waals surface area contributed by atoms with Crippen molar-refractivity contribution in [3.05, 3.63) is 65.2 Å². The van der Waals surface area contributed by atoms with Gasteiger partial charge in [-0.25, -0.2) is 9.37 Å². The van der Waals surface area contributed by atoms with Gasteiger partial charge in [0, 0.05) is 5.69 Å². The van der Waals surface area contributed by atoms with E-state index in [0.717, 1.165) is 44.0 Å². The molecular weight excluding hydrogens is 267 g/mol. The van der Waals surface area contributed by atoms with Gasteiger partial charge in [0.05, 0.1) is 6.21 Å². The summed E-state index contributed by atoms with van der Waals surface area (Å²) < 4.78 is 13.3. The van der Waals surface area contributed by atoms with E-state index in [0.29, 0.717) is 0 Å². The van der Waals surface area contributed by atoms with Gasteiger partial charge < -0.3 is 5.21 Å². The first-order chi connectivity index (χ1) is 10.3. The first-order valence-corrected chi connectivity index (χ1v) is 7.16. The molecule has 1 heterocycles. The maximum Gasteiger partial charge on any atom is 0.150 e. The third-order valence-electron chi connectivity index (χ3n) is 3.35. The van der Waals surface area contributed by atoms with Gasteiger partial charge in [0.25, 0.3) is 0 Å². The van der Waals surface area contributed by atoms with Crippen LogP contribution in [-0.2, 0) is 12.8 Å². The van der Waals surface area contributed by atoms with Crippen LogP contribution in [0.1, 0.15) is 36.2 Å². The molecule has 4 heteroatoms. The second-order valence-electron chi connectivity index (χ2n) is 4.96. The molecule has 0 unspecified atom stereocenters. The zero-order chi connectivity index (χ0) is 14.9. The molecule has 0 saturated heterocycles. The largest absolute Gasteiger partial charge is 0.411 e. The molecule has 0 fully saturated rings. The highest BCUT2D eigenvalue weighted by Crippen LogP contribution is 2.10. The molecule has 0 aliphatic rings. The lowest BCUT2D eigenvalue weighted by molar-refractivity contribution is 0.321. The van der Waals surface area contributed by atoms with E-state index >= 15 is 0 Å². The summed E-state index contributed by atoms with van der Waals surface area (Å²) >= 11 is 0. The third-order valence-corrected chi connectivity index (χ3v) is 3.35. The topological polar surface area (TPSA) is 45.5 Å². The van der Waals surface area contributed by atoms with Gasteiger partial charge in [0.1, 0.15) is 5.69 Å². The van der Waals surface area contributed by atoms with Gasteiger partial charge in [-0.1, -0.05) is 41.9 Å². The van der Waals surface area contributed by atoms with Crippen LogP contribution in [0.5, 0.6) is 0 Å². The summed E-state index contributed by atoms with van der Waals surface area (Å²) in [4.78, 5) is 4.13. The van der Waals surface area contributed by atoms with E-state index in [1.807, 2.05) is 6.07 Å². The fourth-order valence-electron chi connectivity index (χ4n) is 2.24. The number of hydrogen-bond acceptors (Lipinski definition) is 3. The van der Waals surface area contributed by atoms with Crippen LogP contribution in [0, 0.1) is 5.82 Å². The minimum absolute atomic E-state index is 0.0827. The van der Waals surface area contributed by atoms with Crippen molar-refractivity contribution in [1.82, 2.24) is 4.98 Å². The molecule has 2 aromatic rings. The third kappa shape index (κ3) is 4.99. The Balaban J connectivity index is 1.75. The average molecular weight is 286 g/mol. The molecule has 110 valence electrons. The van der Waals surface area contributed by atoms with Crippen LogP contribution < -0.4 is 0 Å². The molecule has 2 rings (SSSR count). The zero-order valence-corrected chi connectivity index (χ0v) is 11.9. The van der Waals surface area contributed by atoms with Gasteiger partial charge in [-0.05, 0) is 43.4 Å². The smallest absolute Gasteiger partial charge is 0.150 e. The lowest BCUT2D eigenvalue weighted by atomic mass is 10.1. The van der Waals surface area contributed by atoms with Gasteiger partial charge in [0.2, 0.25) is 0 Å². The number of aromatic nitrogens is 1. The fourth-order valence-corrected chi connectivity index (χ4v) is 2.24. The van der Waals surface area contributed by atoms with Crippen molar-refractivity contribution in [2.24, 2.45) is 5.16 Å². The van der Waals surface area contributed by atoms with Gasteiger partial charge in [-0.2, -0.15) is 0 Å². The number of benzene rings is 1. The molecule has 0 aliphatic heterocycles. The monoisotopic (exact) mass is 286 g/mol. The summed E-state index contributed by atoms with van der Waals surface area (Å²) in [7, 11) is 0. The number of pyridine rings is 1. The molecule has 1 N–H and O–H groups in total. The average Bonchev–Trinajstić information content (AvgIpc) is 2.51. The summed E-state index contributed by atoms with van der Waals surface area (Å²) in [5, 5.41) is 11.3. The Morgan fingerprint density at radius 3 is 2.52 bits per heavy atom. The molecule has 0 amide bonds. The molecule has 0 atom stereocenters. The van der Waals surface area contributed by atoms with E-state index in [1.54, 1.807) is 6.07 Å². The second-order valence-corrected chi connectivity index (χ2v) is 4.96. The Morgan fingerprint density at radius 2 is 1.76 bits per heavy atom. The maximum absolute atomic E-state index is 13.3. The van der Waals surface area contributed by atoms with Crippen molar-refractivity contribution in [1.29, 1.82) is 0 Å². The molecule has 0 aliphatic carbocycles. The van der Waals surface area contributed by atoms with Crippen LogP contribution in [0.25, 0.3) is 0 Å². The summed E-state index contributed by atoms with van der Waals surface area (Å²) in [6.45, 7) is 0.